The molecule has 0 spiro atoms. The van der Waals surface area contributed by atoms with Crippen molar-refractivity contribution in [2.45, 2.75) is 59.1 Å². The SMILES string of the molecule is CCN(CC)C1CCN(c2ccc(Nc3nc(Nc4cccc(C(C)(C)O)n4)c4c(C)csc4n3)cc2OC)CC1. The van der Waals surface area contributed by atoms with Crippen LogP contribution < -0.4 is 20.3 Å². The molecule has 0 bridgehead atoms. The summed E-state index contributed by atoms with van der Waals surface area (Å²) in [6.07, 6.45) is 2.31. The molecule has 41 heavy (non-hydrogen) atoms. The first-order chi connectivity index (χ1) is 19.7. The zero-order valence-electron chi connectivity index (χ0n) is 24.9. The number of nitrogens with zero attached hydrogens (tertiary/aromatic N) is 5. The van der Waals surface area contributed by atoms with Crippen LogP contribution in [-0.2, 0) is 5.60 Å². The molecule has 0 atom stereocenters. The summed E-state index contributed by atoms with van der Waals surface area (Å²) in [4.78, 5) is 20.1. The van der Waals surface area contributed by atoms with Crippen LogP contribution in [0, 0.1) is 6.92 Å². The van der Waals surface area contributed by atoms with Gasteiger partial charge in [0.05, 0.1) is 23.9 Å². The fraction of sp³-hybridized carbons (Fsp3) is 0.452. The van der Waals surface area contributed by atoms with Gasteiger partial charge in [0.1, 0.15) is 27.8 Å². The minimum atomic E-state index is -1.05. The van der Waals surface area contributed by atoms with Crippen LogP contribution in [0.25, 0.3) is 10.2 Å². The molecule has 218 valence electrons. The second-order valence-corrected chi connectivity index (χ2v) is 11.9. The highest BCUT2D eigenvalue weighted by molar-refractivity contribution is 7.17. The molecule has 1 aromatic carbocycles. The molecule has 9 nitrogen and oxygen atoms in total. The van der Waals surface area contributed by atoms with Crippen LogP contribution in [0.15, 0.2) is 41.8 Å². The van der Waals surface area contributed by atoms with Crippen molar-refractivity contribution in [1.29, 1.82) is 0 Å². The van der Waals surface area contributed by atoms with Gasteiger partial charge in [0.25, 0.3) is 0 Å². The topological polar surface area (TPSA) is 98.7 Å². The van der Waals surface area contributed by atoms with Crippen molar-refractivity contribution in [3.05, 3.63) is 53.0 Å². The Bertz CT molecular complexity index is 1490. The van der Waals surface area contributed by atoms with E-state index in [-0.39, 0.29) is 0 Å². The van der Waals surface area contributed by atoms with Gasteiger partial charge in [-0.3, -0.25) is 0 Å². The predicted molar refractivity (Wildman–Crippen MR) is 169 cm³/mol. The summed E-state index contributed by atoms with van der Waals surface area (Å²) in [6.45, 7) is 14.2. The third-order valence-electron chi connectivity index (χ3n) is 7.81. The highest BCUT2D eigenvalue weighted by atomic mass is 32.1. The molecular formula is C31H41N7O2S. The molecule has 0 unspecified atom stereocenters. The number of ether oxygens (including phenoxy) is 1. The van der Waals surface area contributed by atoms with Gasteiger partial charge in [-0.1, -0.05) is 19.9 Å². The van der Waals surface area contributed by atoms with Gasteiger partial charge in [-0.05, 0) is 81.9 Å². The Morgan fingerprint density at radius 1 is 1.07 bits per heavy atom. The summed E-state index contributed by atoms with van der Waals surface area (Å²) in [5.41, 5.74) is 2.59. The average Bonchev–Trinajstić information content (AvgIpc) is 3.34. The van der Waals surface area contributed by atoms with Crippen molar-refractivity contribution < 1.29 is 9.84 Å². The maximum absolute atomic E-state index is 10.4. The van der Waals surface area contributed by atoms with Gasteiger partial charge in [0, 0.05) is 30.9 Å². The van der Waals surface area contributed by atoms with Gasteiger partial charge in [-0.25, -0.2) is 9.97 Å². The van der Waals surface area contributed by atoms with E-state index in [0.717, 1.165) is 71.9 Å². The van der Waals surface area contributed by atoms with E-state index >= 15 is 0 Å². The fourth-order valence-electron chi connectivity index (χ4n) is 5.55. The van der Waals surface area contributed by atoms with Crippen LogP contribution in [0.3, 0.4) is 0 Å². The lowest BCUT2D eigenvalue weighted by atomic mass is 10.0. The van der Waals surface area contributed by atoms with Crippen molar-refractivity contribution in [3.63, 3.8) is 0 Å². The van der Waals surface area contributed by atoms with Crippen molar-refractivity contribution in [2.24, 2.45) is 0 Å². The first-order valence-corrected chi connectivity index (χ1v) is 15.2. The van der Waals surface area contributed by atoms with Crippen LogP contribution >= 0.6 is 11.3 Å². The van der Waals surface area contributed by atoms with E-state index in [2.05, 4.69) is 63.7 Å². The lowest BCUT2D eigenvalue weighted by Crippen LogP contribution is -2.44. The number of nitrogens with one attached hydrogen (secondary N) is 2. The Morgan fingerprint density at radius 2 is 1.83 bits per heavy atom. The number of hydrogen-bond acceptors (Lipinski definition) is 10. The van der Waals surface area contributed by atoms with E-state index < -0.39 is 5.60 Å². The quantitative estimate of drug-likeness (QED) is 0.198. The number of hydrogen-bond donors (Lipinski definition) is 3. The van der Waals surface area contributed by atoms with Crippen molar-refractivity contribution in [3.8, 4) is 5.75 Å². The molecule has 0 saturated carbocycles. The number of rotatable bonds is 10. The highest BCUT2D eigenvalue weighted by Crippen LogP contribution is 2.36. The minimum Gasteiger partial charge on any atom is -0.495 e. The van der Waals surface area contributed by atoms with Gasteiger partial charge in [0.2, 0.25) is 5.95 Å². The number of aromatic nitrogens is 3. The van der Waals surface area contributed by atoms with E-state index in [4.69, 9.17) is 14.7 Å². The van der Waals surface area contributed by atoms with Gasteiger partial charge in [-0.15, -0.1) is 11.3 Å². The van der Waals surface area contributed by atoms with E-state index in [1.165, 1.54) is 0 Å². The molecule has 10 heteroatoms. The smallest absolute Gasteiger partial charge is 0.230 e. The molecule has 1 aliphatic heterocycles. The van der Waals surface area contributed by atoms with E-state index in [1.807, 2.05) is 24.3 Å². The number of thiophene rings is 1. The highest BCUT2D eigenvalue weighted by Gasteiger charge is 2.25. The van der Waals surface area contributed by atoms with Crippen LogP contribution in [0.2, 0.25) is 0 Å². The third-order valence-corrected chi connectivity index (χ3v) is 8.80. The molecule has 4 aromatic rings. The standard InChI is InChI=1S/C31H41N7O2S/c1-7-37(8-2)22-14-16-38(17-15-22)23-13-12-21(18-24(23)40-6)32-30-35-28(27-20(3)19-41-29(27)36-30)34-26-11-9-10-25(33-26)31(4,5)39/h9-13,18-19,22,39H,7-8,14-17H2,1-6H3,(H2,32,33,34,35,36). The number of methoxy groups -OCH3 is 1. The van der Waals surface area contributed by atoms with Crippen LogP contribution in [0.4, 0.5) is 29.0 Å². The summed E-state index contributed by atoms with van der Waals surface area (Å²) in [5.74, 6) is 2.58. The molecule has 0 amide bonds. The number of aliphatic hydroxyl groups is 1. The van der Waals surface area contributed by atoms with Crippen molar-refractivity contribution in [2.75, 3.05) is 48.8 Å². The normalized spacial score (nSPS) is 14.6. The first-order valence-electron chi connectivity index (χ1n) is 14.4. The predicted octanol–water partition coefficient (Wildman–Crippen LogP) is 6.43. The Kier molecular flexibility index (Phi) is 8.63. The second-order valence-electron chi connectivity index (χ2n) is 11.0. The van der Waals surface area contributed by atoms with Crippen LogP contribution in [-0.4, -0.2) is 64.3 Å². The number of benzene rings is 1. The zero-order valence-corrected chi connectivity index (χ0v) is 25.7. The minimum absolute atomic E-state index is 0.482. The fourth-order valence-corrected chi connectivity index (χ4v) is 6.48. The second kappa shape index (κ2) is 12.2. The largest absolute Gasteiger partial charge is 0.495 e. The number of pyridine rings is 1. The number of piperidine rings is 1. The third kappa shape index (κ3) is 6.39. The number of anilines is 5. The van der Waals surface area contributed by atoms with Crippen LogP contribution in [0.5, 0.6) is 5.75 Å². The summed E-state index contributed by atoms with van der Waals surface area (Å²) < 4.78 is 5.84. The molecule has 1 fully saturated rings. The molecule has 1 saturated heterocycles. The summed E-state index contributed by atoms with van der Waals surface area (Å²) >= 11 is 1.58. The Labute approximate surface area is 246 Å². The Hall–Kier alpha value is -3.47. The molecule has 3 aromatic heterocycles. The lowest BCUT2D eigenvalue weighted by Gasteiger charge is -2.39. The maximum Gasteiger partial charge on any atom is 0.230 e. The summed E-state index contributed by atoms with van der Waals surface area (Å²) in [6, 6.07) is 12.4. The van der Waals surface area contributed by atoms with Gasteiger partial charge >= 0.3 is 0 Å². The van der Waals surface area contributed by atoms with E-state index in [1.54, 1.807) is 32.3 Å². The summed E-state index contributed by atoms with van der Waals surface area (Å²) in [7, 11) is 1.72. The molecule has 0 aliphatic carbocycles. The Morgan fingerprint density at radius 3 is 2.51 bits per heavy atom. The van der Waals surface area contributed by atoms with Crippen LogP contribution in [0.1, 0.15) is 51.8 Å². The van der Waals surface area contributed by atoms with Gasteiger partial charge in [-0.2, -0.15) is 4.98 Å². The molecule has 1 aliphatic rings. The van der Waals surface area contributed by atoms with Crippen molar-refractivity contribution >= 4 is 50.5 Å². The van der Waals surface area contributed by atoms with Crippen molar-refractivity contribution in [1.82, 2.24) is 19.9 Å². The maximum atomic E-state index is 10.4. The molecule has 4 heterocycles. The van der Waals surface area contributed by atoms with E-state index in [9.17, 15) is 5.11 Å². The Balaban J connectivity index is 1.38. The molecule has 5 rings (SSSR count). The lowest BCUT2D eigenvalue weighted by molar-refractivity contribution is 0.0740. The molecule has 3 N–H and O–H groups in total. The van der Waals surface area contributed by atoms with E-state index in [0.29, 0.717) is 29.3 Å². The molecule has 0 radical (unpaired) electrons. The zero-order chi connectivity index (χ0) is 29.1. The van der Waals surface area contributed by atoms with Gasteiger partial charge < -0.3 is 30.3 Å². The first kappa shape index (κ1) is 29.0. The average molecular weight is 576 g/mol. The monoisotopic (exact) mass is 575 g/mol. The number of fused-ring (bicyclic) bond motifs is 1. The molecular weight excluding hydrogens is 534 g/mol. The summed E-state index contributed by atoms with van der Waals surface area (Å²) in [5, 5.41) is 20.2. The van der Waals surface area contributed by atoms with Gasteiger partial charge in [0.15, 0.2) is 0 Å². The number of aryl methyl sites for hydroxylation is 1.